The normalized spacial score (nSPS) is 51.6. The number of rotatable bonds is 5. The Kier molecular flexibility index (Phi) is 6.17. The summed E-state index contributed by atoms with van der Waals surface area (Å²) in [5.41, 5.74) is 0.412. The van der Waals surface area contributed by atoms with Crippen molar-refractivity contribution >= 4 is 0 Å². The van der Waals surface area contributed by atoms with Gasteiger partial charge in [-0.1, -0.05) is 20.8 Å². The minimum atomic E-state index is -0.214. The van der Waals surface area contributed by atoms with Crippen LogP contribution >= 0.6 is 0 Å². The van der Waals surface area contributed by atoms with E-state index in [0.29, 0.717) is 41.1 Å². The molecule has 1 unspecified atom stereocenters. The van der Waals surface area contributed by atoms with Gasteiger partial charge in [0.15, 0.2) is 0 Å². The van der Waals surface area contributed by atoms with Gasteiger partial charge >= 0.3 is 0 Å². The third kappa shape index (κ3) is 3.52. The van der Waals surface area contributed by atoms with Crippen LogP contribution in [0.5, 0.6) is 0 Å². The van der Waals surface area contributed by atoms with Gasteiger partial charge in [0.1, 0.15) is 0 Å². The Labute approximate surface area is 179 Å². The number of fused-ring (bicyclic) bond motifs is 5. The maximum Gasteiger partial charge on any atom is 0.0602 e. The Morgan fingerprint density at radius 2 is 1.83 bits per heavy atom. The fraction of sp³-hybridized carbons (Fsp3) is 0.962. The molecule has 2 N–H and O–H groups in total. The van der Waals surface area contributed by atoms with Gasteiger partial charge in [-0.3, -0.25) is 0 Å². The standard InChI is InChI=1S/C26H45O3/c1-16(6-7-17(2)27)21-10-11-22-20-9-8-18-14-19(29-5)12-13-25(18,3)23(20)15-24(28)26(21,22)4/h9,16-24,27-28H,6-8,10-15H2,1-5H3/t16?,17-,18+,19-,20-,21+,22-,23-,24-,25-,26+/m0/s1. The second kappa shape index (κ2) is 8.10. The van der Waals surface area contributed by atoms with Gasteiger partial charge in [0.05, 0.1) is 18.3 Å². The molecule has 0 bridgehead atoms. The molecule has 4 fully saturated rings. The molecule has 4 saturated carbocycles. The van der Waals surface area contributed by atoms with Gasteiger partial charge in [-0.25, -0.2) is 0 Å². The Morgan fingerprint density at radius 3 is 2.52 bits per heavy atom. The van der Waals surface area contributed by atoms with Crippen molar-refractivity contribution in [1.82, 2.24) is 0 Å². The number of methoxy groups -OCH3 is 1. The molecule has 0 heterocycles. The van der Waals surface area contributed by atoms with Crippen molar-refractivity contribution in [3.05, 3.63) is 6.42 Å². The third-order valence-electron chi connectivity index (χ3n) is 10.6. The summed E-state index contributed by atoms with van der Waals surface area (Å²) in [5, 5.41) is 21.3. The van der Waals surface area contributed by atoms with E-state index in [4.69, 9.17) is 4.74 Å². The average molecular weight is 406 g/mol. The Morgan fingerprint density at radius 1 is 1.07 bits per heavy atom. The molecule has 4 aliphatic rings. The van der Waals surface area contributed by atoms with Crippen LogP contribution in [0.4, 0.5) is 0 Å². The summed E-state index contributed by atoms with van der Waals surface area (Å²) in [4.78, 5) is 0. The monoisotopic (exact) mass is 405 g/mol. The molecular weight excluding hydrogens is 360 g/mol. The second-order valence-corrected chi connectivity index (χ2v) is 11.8. The van der Waals surface area contributed by atoms with E-state index in [-0.39, 0.29) is 17.6 Å². The summed E-state index contributed by atoms with van der Waals surface area (Å²) >= 11 is 0. The van der Waals surface area contributed by atoms with Crippen molar-refractivity contribution in [2.45, 2.75) is 104 Å². The van der Waals surface area contributed by atoms with Crippen LogP contribution in [0.2, 0.25) is 0 Å². The number of hydrogen-bond donors (Lipinski definition) is 2. The molecule has 0 saturated heterocycles. The highest BCUT2D eigenvalue weighted by molar-refractivity contribution is 5.16. The van der Waals surface area contributed by atoms with Crippen LogP contribution in [-0.4, -0.2) is 35.6 Å². The van der Waals surface area contributed by atoms with Gasteiger partial charge in [0.2, 0.25) is 0 Å². The number of hydrogen-bond acceptors (Lipinski definition) is 3. The molecule has 0 aromatic rings. The minimum Gasteiger partial charge on any atom is -0.393 e. The fourth-order valence-electron chi connectivity index (χ4n) is 8.70. The molecule has 0 aromatic heterocycles. The van der Waals surface area contributed by atoms with Crippen LogP contribution in [0.25, 0.3) is 0 Å². The highest BCUT2D eigenvalue weighted by Crippen LogP contribution is 2.68. The Balaban J connectivity index is 1.54. The maximum absolute atomic E-state index is 11.6. The van der Waals surface area contributed by atoms with Crippen LogP contribution < -0.4 is 0 Å². The van der Waals surface area contributed by atoms with E-state index in [9.17, 15) is 10.2 Å². The maximum atomic E-state index is 11.6. The summed E-state index contributed by atoms with van der Waals surface area (Å²) in [5.74, 6) is 3.84. The van der Waals surface area contributed by atoms with Crippen molar-refractivity contribution < 1.29 is 14.9 Å². The van der Waals surface area contributed by atoms with Crippen molar-refractivity contribution in [3.63, 3.8) is 0 Å². The summed E-state index contributed by atoms with van der Waals surface area (Å²) < 4.78 is 5.73. The summed E-state index contributed by atoms with van der Waals surface area (Å²) in [6.45, 7) is 9.23. The van der Waals surface area contributed by atoms with E-state index in [1.165, 1.54) is 38.5 Å². The number of ether oxygens (including phenoxy) is 1. The zero-order valence-corrected chi connectivity index (χ0v) is 19.4. The van der Waals surface area contributed by atoms with Gasteiger partial charge in [-0.2, -0.15) is 0 Å². The molecule has 4 rings (SSSR count). The van der Waals surface area contributed by atoms with E-state index in [1.807, 2.05) is 14.0 Å². The molecule has 167 valence electrons. The molecule has 1 radical (unpaired) electrons. The van der Waals surface area contributed by atoms with Gasteiger partial charge in [-0.15, -0.1) is 0 Å². The predicted molar refractivity (Wildman–Crippen MR) is 117 cm³/mol. The first-order valence-corrected chi connectivity index (χ1v) is 12.4. The largest absolute Gasteiger partial charge is 0.393 e. The molecule has 0 aromatic carbocycles. The smallest absolute Gasteiger partial charge is 0.0602 e. The van der Waals surface area contributed by atoms with E-state index < -0.39 is 0 Å². The van der Waals surface area contributed by atoms with Crippen LogP contribution in [0, 0.1) is 52.8 Å². The molecule has 29 heavy (non-hydrogen) atoms. The first kappa shape index (κ1) is 22.1. The number of aliphatic hydroxyl groups is 2. The highest BCUT2D eigenvalue weighted by Gasteiger charge is 2.63. The first-order chi connectivity index (χ1) is 13.7. The van der Waals surface area contributed by atoms with Gasteiger partial charge in [-0.05, 0) is 117 Å². The molecule has 4 aliphatic carbocycles. The first-order valence-electron chi connectivity index (χ1n) is 12.4. The van der Waals surface area contributed by atoms with Crippen molar-refractivity contribution in [3.8, 4) is 0 Å². The molecule has 0 amide bonds. The zero-order chi connectivity index (χ0) is 21.0. The SMILES string of the molecule is CO[C@H]1CC[C@@]2(C)[C@H](C[CH][C@@H]3[C@@H]2C[C@H](O)[C@]2(C)[C@@H](C(C)CC[C@H](C)O)CC[C@@H]32)C1. The second-order valence-electron chi connectivity index (χ2n) is 11.8. The highest BCUT2D eigenvalue weighted by atomic mass is 16.5. The minimum absolute atomic E-state index is 0.0444. The summed E-state index contributed by atoms with van der Waals surface area (Å²) in [7, 11) is 1.87. The van der Waals surface area contributed by atoms with Crippen LogP contribution in [0.15, 0.2) is 0 Å². The zero-order valence-electron chi connectivity index (χ0n) is 19.4. The lowest BCUT2D eigenvalue weighted by atomic mass is 9.43. The topological polar surface area (TPSA) is 49.7 Å². The number of aliphatic hydroxyl groups excluding tert-OH is 2. The Bertz CT molecular complexity index is 576. The summed E-state index contributed by atoms with van der Waals surface area (Å²) in [6, 6.07) is 0. The summed E-state index contributed by atoms with van der Waals surface area (Å²) in [6.07, 6.45) is 13.1. The third-order valence-corrected chi connectivity index (χ3v) is 10.6. The van der Waals surface area contributed by atoms with Crippen LogP contribution in [0.1, 0.15) is 85.5 Å². The predicted octanol–water partition coefficient (Wildman–Crippen LogP) is 5.24. The van der Waals surface area contributed by atoms with Crippen LogP contribution in [0.3, 0.4) is 0 Å². The lowest BCUT2D eigenvalue weighted by Crippen LogP contribution is -2.59. The lowest BCUT2D eigenvalue weighted by molar-refractivity contribution is -0.162. The van der Waals surface area contributed by atoms with Crippen molar-refractivity contribution in [1.29, 1.82) is 0 Å². The average Bonchev–Trinajstić information content (AvgIpc) is 3.05. The van der Waals surface area contributed by atoms with E-state index in [1.54, 1.807) is 0 Å². The fourth-order valence-corrected chi connectivity index (χ4v) is 8.70. The van der Waals surface area contributed by atoms with E-state index >= 15 is 0 Å². The molecule has 11 atom stereocenters. The molecule has 0 spiro atoms. The molecule has 3 heteroatoms. The van der Waals surface area contributed by atoms with E-state index in [2.05, 4.69) is 27.2 Å². The molecule has 3 nitrogen and oxygen atoms in total. The van der Waals surface area contributed by atoms with Gasteiger partial charge in [0.25, 0.3) is 0 Å². The van der Waals surface area contributed by atoms with Gasteiger partial charge < -0.3 is 14.9 Å². The Hall–Kier alpha value is -0.120. The van der Waals surface area contributed by atoms with Crippen molar-refractivity contribution in [2.24, 2.45) is 46.3 Å². The van der Waals surface area contributed by atoms with E-state index in [0.717, 1.165) is 25.2 Å². The quantitative estimate of drug-likeness (QED) is 0.657. The van der Waals surface area contributed by atoms with Crippen molar-refractivity contribution in [2.75, 3.05) is 7.11 Å². The molecular formula is C26H45O3. The van der Waals surface area contributed by atoms with Crippen LogP contribution in [-0.2, 0) is 4.74 Å². The molecule has 0 aliphatic heterocycles. The van der Waals surface area contributed by atoms with Gasteiger partial charge in [0, 0.05) is 7.11 Å². The lowest BCUT2D eigenvalue weighted by Gasteiger charge is -2.62.